The lowest BCUT2D eigenvalue weighted by Gasteiger charge is -2.04. The molecule has 0 aliphatic rings. The number of benzene rings is 1. The summed E-state index contributed by atoms with van der Waals surface area (Å²) in [5, 5.41) is 9.76. The number of aryl methyl sites for hydroxylation is 2. The highest BCUT2D eigenvalue weighted by Crippen LogP contribution is 2.18. The van der Waals surface area contributed by atoms with Gasteiger partial charge >= 0.3 is 0 Å². The predicted molar refractivity (Wildman–Crippen MR) is 101 cm³/mol. The summed E-state index contributed by atoms with van der Waals surface area (Å²) in [6, 6.07) is 11.0. The molecule has 1 aromatic carbocycles. The molecule has 1 amide bonds. The normalized spacial score (nSPS) is 10.7. The van der Waals surface area contributed by atoms with E-state index >= 15 is 0 Å². The monoisotopic (exact) mass is 417 g/mol. The van der Waals surface area contributed by atoms with Crippen LogP contribution in [0.25, 0.3) is 0 Å². The lowest BCUT2D eigenvalue weighted by Crippen LogP contribution is -2.24. The molecular weight excluding hydrogens is 398 g/mol. The van der Waals surface area contributed by atoms with Crippen molar-refractivity contribution in [1.29, 1.82) is 0 Å². The molecule has 7 heteroatoms. The minimum absolute atomic E-state index is 0.219. The standard InChI is InChI=1S/C19H20BrN3O3/c1-13-14(11-22-23-13)3-2-10-21-19(24)18-9-8-17(26-18)12-25-16-6-4-15(20)5-7-16/h4-9,11H,2-3,10,12H2,1H3,(H,21,24)(H,22,23). The van der Waals surface area contributed by atoms with Crippen molar-refractivity contribution in [1.82, 2.24) is 15.5 Å². The summed E-state index contributed by atoms with van der Waals surface area (Å²) in [5.41, 5.74) is 2.24. The fraction of sp³-hybridized carbons (Fsp3) is 0.263. The Labute approximate surface area is 160 Å². The molecule has 6 nitrogen and oxygen atoms in total. The molecule has 2 heterocycles. The van der Waals surface area contributed by atoms with Crippen molar-refractivity contribution >= 4 is 21.8 Å². The van der Waals surface area contributed by atoms with E-state index in [0.29, 0.717) is 18.1 Å². The van der Waals surface area contributed by atoms with Gasteiger partial charge in [-0.3, -0.25) is 9.89 Å². The number of aromatic amines is 1. The van der Waals surface area contributed by atoms with Gasteiger partial charge in [0.25, 0.3) is 5.91 Å². The van der Waals surface area contributed by atoms with E-state index in [4.69, 9.17) is 9.15 Å². The van der Waals surface area contributed by atoms with E-state index in [2.05, 4.69) is 31.4 Å². The molecule has 0 bridgehead atoms. The molecular formula is C19H20BrN3O3. The first-order valence-corrected chi connectivity index (χ1v) is 9.15. The molecule has 2 N–H and O–H groups in total. The van der Waals surface area contributed by atoms with E-state index in [-0.39, 0.29) is 12.5 Å². The first-order chi connectivity index (χ1) is 12.6. The second-order valence-electron chi connectivity index (χ2n) is 5.89. The fourth-order valence-electron chi connectivity index (χ4n) is 2.46. The van der Waals surface area contributed by atoms with Crippen LogP contribution >= 0.6 is 15.9 Å². The highest BCUT2D eigenvalue weighted by molar-refractivity contribution is 9.10. The van der Waals surface area contributed by atoms with E-state index in [1.165, 1.54) is 5.56 Å². The van der Waals surface area contributed by atoms with Gasteiger partial charge in [-0.15, -0.1) is 0 Å². The molecule has 0 fully saturated rings. The van der Waals surface area contributed by atoms with E-state index in [9.17, 15) is 4.79 Å². The summed E-state index contributed by atoms with van der Waals surface area (Å²) in [6.45, 7) is 2.84. The number of carbonyl (C=O) groups is 1. The van der Waals surface area contributed by atoms with Crippen LogP contribution in [0.2, 0.25) is 0 Å². The van der Waals surface area contributed by atoms with E-state index in [1.807, 2.05) is 37.4 Å². The number of furan rings is 1. The molecule has 0 unspecified atom stereocenters. The number of nitrogens with zero attached hydrogens (tertiary/aromatic N) is 1. The first-order valence-electron chi connectivity index (χ1n) is 8.36. The largest absolute Gasteiger partial charge is 0.486 e. The fourth-order valence-corrected chi connectivity index (χ4v) is 2.72. The average molecular weight is 418 g/mol. The summed E-state index contributed by atoms with van der Waals surface area (Å²) < 4.78 is 12.2. The van der Waals surface area contributed by atoms with E-state index < -0.39 is 0 Å². The molecule has 3 rings (SSSR count). The van der Waals surface area contributed by atoms with Crippen molar-refractivity contribution in [3.8, 4) is 5.75 Å². The zero-order valence-corrected chi connectivity index (χ0v) is 16.0. The minimum atomic E-state index is -0.219. The van der Waals surface area contributed by atoms with Crippen LogP contribution in [0.5, 0.6) is 5.75 Å². The molecule has 0 saturated heterocycles. The summed E-state index contributed by atoms with van der Waals surface area (Å²) in [6.07, 6.45) is 3.53. The van der Waals surface area contributed by atoms with Gasteiger partial charge in [-0.1, -0.05) is 15.9 Å². The highest BCUT2D eigenvalue weighted by atomic mass is 79.9. The smallest absolute Gasteiger partial charge is 0.286 e. The first kappa shape index (κ1) is 18.3. The summed E-state index contributed by atoms with van der Waals surface area (Å²) >= 11 is 3.38. The number of halogens is 1. The number of carbonyl (C=O) groups excluding carboxylic acids is 1. The van der Waals surface area contributed by atoms with Crippen molar-refractivity contribution < 1.29 is 13.9 Å². The number of hydrogen-bond acceptors (Lipinski definition) is 4. The Bertz CT molecular complexity index is 855. The van der Waals surface area contributed by atoms with Gasteiger partial charge in [-0.2, -0.15) is 5.10 Å². The van der Waals surface area contributed by atoms with Gasteiger partial charge in [0.1, 0.15) is 18.1 Å². The maximum Gasteiger partial charge on any atom is 0.286 e. The maximum absolute atomic E-state index is 12.1. The Hall–Kier alpha value is -2.54. The van der Waals surface area contributed by atoms with Crippen molar-refractivity contribution in [2.45, 2.75) is 26.4 Å². The molecule has 0 spiro atoms. The number of rotatable bonds is 8. The van der Waals surface area contributed by atoms with Crippen LogP contribution in [0.1, 0.15) is 34.0 Å². The molecule has 0 saturated carbocycles. The molecule has 0 radical (unpaired) electrons. The molecule has 0 aliphatic heterocycles. The average Bonchev–Trinajstić information content (AvgIpc) is 3.27. The van der Waals surface area contributed by atoms with Crippen molar-refractivity contribution in [2.75, 3.05) is 6.54 Å². The van der Waals surface area contributed by atoms with Gasteiger partial charge in [-0.25, -0.2) is 0 Å². The zero-order chi connectivity index (χ0) is 18.4. The number of amides is 1. The second kappa shape index (κ2) is 8.71. The maximum atomic E-state index is 12.1. The Morgan fingerprint density at radius 1 is 1.27 bits per heavy atom. The Balaban J connectivity index is 1.42. The third kappa shape index (κ3) is 4.98. The van der Waals surface area contributed by atoms with Crippen LogP contribution in [0.4, 0.5) is 0 Å². The van der Waals surface area contributed by atoms with Gasteiger partial charge in [0.15, 0.2) is 5.76 Å². The molecule has 136 valence electrons. The Kier molecular flexibility index (Phi) is 6.12. The quantitative estimate of drug-likeness (QED) is 0.542. The third-order valence-electron chi connectivity index (χ3n) is 3.92. The summed E-state index contributed by atoms with van der Waals surface area (Å²) in [7, 11) is 0. The number of nitrogens with one attached hydrogen (secondary N) is 2. The SMILES string of the molecule is Cc1[nH]ncc1CCCNC(=O)c1ccc(COc2ccc(Br)cc2)o1. The van der Waals surface area contributed by atoms with Crippen LogP contribution in [-0.2, 0) is 13.0 Å². The Morgan fingerprint density at radius 2 is 2.08 bits per heavy atom. The zero-order valence-electron chi connectivity index (χ0n) is 14.4. The highest BCUT2D eigenvalue weighted by Gasteiger charge is 2.11. The van der Waals surface area contributed by atoms with Crippen LogP contribution in [0.15, 0.2) is 51.5 Å². The number of hydrogen-bond donors (Lipinski definition) is 2. The van der Waals surface area contributed by atoms with Crippen LogP contribution in [0.3, 0.4) is 0 Å². The molecule has 0 atom stereocenters. The number of ether oxygens (including phenoxy) is 1. The van der Waals surface area contributed by atoms with Gasteiger partial charge in [0.2, 0.25) is 0 Å². The number of aromatic nitrogens is 2. The molecule has 0 aliphatic carbocycles. The molecule has 26 heavy (non-hydrogen) atoms. The van der Waals surface area contributed by atoms with E-state index in [0.717, 1.165) is 28.8 Å². The second-order valence-corrected chi connectivity index (χ2v) is 6.80. The molecule has 2 aromatic heterocycles. The predicted octanol–water partition coefficient (Wildman–Crippen LogP) is 4.02. The van der Waals surface area contributed by atoms with Gasteiger partial charge < -0.3 is 14.5 Å². The molecule has 3 aromatic rings. The lowest BCUT2D eigenvalue weighted by atomic mass is 10.1. The van der Waals surface area contributed by atoms with Gasteiger partial charge in [0.05, 0.1) is 6.20 Å². The Morgan fingerprint density at radius 3 is 2.81 bits per heavy atom. The topological polar surface area (TPSA) is 80.2 Å². The van der Waals surface area contributed by atoms with Gasteiger partial charge in [-0.05, 0) is 61.7 Å². The summed E-state index contributed by atoms with van der Waals surface area (Å²) in [4.78, 5) is 12.1. The van der Waals surface area contributed by atoms with E-state index in [1.54, 1.807) is 12.1 Å². The van der Waals surface area contributed by atoms with Crippen LogP contribution < -0.4 is 10.1 Å². The van der Waals surface area contributed by atoms with Crippen molar-refractivity contribution in [3.63, 3.8) is 0 Å². The summed E-state index contributed by atoms with van der Waals surface area (Å²) in [5.74, 6) is 1.42. The minimum Gasteiger partial charge on any atom is -0.486 e. The van der Waals surface area contributed by atoms with Crippen LogP contribution in [-0.4, -0.2) is 22.6 Å². The van der Waals surface area contributed by atoms with Gasteiger partial charge in [0, 0.05) is 16.7 Å². The van der Waals surface area contributed by atoms with Crippen LogP contribution in [0, 0.1) is 6.92 Å². The van der Waals surface area contributed by atoms with Crippen molar-refractivity contribution in [2.24, 2.45) is 0 Å². The third-order valence-corrected chi connectivity index (χ3v) is 4.45. The lowest BCUT2D eigenvalue weighted by molar-refractivity contribution is 0.0921. The van der Waals surface area contributed by atoms with Crippen molar-refractivity contribution in [3.05, 3.63) is 69.8 Å². The number of H-pyrrole nitrogens is 1.